The molecule has 40 heavy (non-hydrogen) atoms. The van der Waals surface area contributed by atoms with Gasteiger partial charge in [-0.3, -0.25) is 9.36 Å². The molecule has 4 rings (SSSR count). The van der Waals surface area contributed by atoms with Crippen LogP contribution in [-0.2, 0) is 33.4 Å². The quantitative estimate of drug-likeness (QED) is 0.197. The van der Waals surface area contributed by atoms with E-state index in [1.807, 2.05) is 6.92 Å². The Morgan fingerprint density at radius 1 is 1.02 bits per heavy atom. The molecular weight excluding hydrogens is 526 g/mol. The molecule has 2 aromatic rings. The smallest absolute Gasteiger partial charge is 0.351 e. The highest BCUT2D eigenvalue weighted by Crippen LogP contribution is 2.36. The van der Waals surface area contributed by atoms with Crippen molar-refractivity contribution in [2.45, 2.75) is 71.0 Å². The van der Waals surface area contributed by atoms with Crippen LogP contribution in [0.1, 0.15) is 73.4 Å². The van der Waals surface area contributed by atoms with Crippen molar-refractivity contribution in [2.75, 3.05) is 12.1 Å². The predicted molar refractivity (Wildman–Crippen MR) is 137 cm³/mol. The zero-order chi connectivity index (χ0) is 28.8. The Bertz CT molecular complexity index is 1320. The number of nitrogens with one attached hydrogen (secondary N) is 1. The molecule has 1 aromatic heterocycles. The number of anilines is 1. The number of ether oxygens (including phenoxy) is 4. The average molecular weight is 558 g/mol. The standard InChI is InChI=1S/C27H31N3O10/c1-4-5-6-11-20(31)40-29-19-12-13-30(27(35)28-19)23-22-21(18(37-23)14-36-24(32)15(2)3)38-25(33)16-9-7-8-10-17(16)26(34)39-22/h7-10,12-13,15,18,21-23H,4-6,11,14H2,1-3H3,(H,28,29,35)/t18-,21-,22-,23-/m1/s1. The highest BCUT2D eigenvalue weighted by atomic mass is 16.7. The number of unbranched alkanes of at least 4 members (excludes halogenated alkanes) is 2. The molecule has 0 saturated carbocycles. The van der Waals surface area contributed by atoms with Crippen molar-refractivity contribution in [3.63, 3.8) is 0 Å². The molecule has 0 bridgehead atoms. The first-order valence-electron chi connectivity index (χ1n) is 13.1. The summed E-state index contributed by atoms with van der Waals surface area (Å²) in [7, 11) is 0. The summed E-state index contributed by atoms with van der Waals surface area (Å²) in [5, 5.41) is 0. The second-order valence-electron chi connectivity index (χ2n) is 9.67. The number of benzene rings is 1. The molecule has 0 radical (unpaired) electrons. The largest absolute Gasteiger partial charge is 0.463 e. The monoisotopic (exact) mass is 557 g/mol. The van der Waals surface area contributed by atoms with Crippen LogP contribution in [0.2, 0.25) is 0 Å². The third-order valence-electron chi connectivity index (χ3n) is 6.36. The summed E-state index contributed by atoms with van der Waals surface area (Å²) in [5.74, 6) is -3.07. The number of carbonyl (C=O) groups excluding carboxylic acids is 4. The molecule has 0 unspecified atom stereocenters. The molecule has 0 amide bonds. The van der Waals surface area contributed by atoms with Crippen LogP contribution in [0.15, 0.2) is 41.3 Å². The van der Waals surface area contributed by atoms with Crippen LogP contribution < -0.4 is 11.2 Å². The Morgan fingerprint density at radius 2 is 1.70 bits per heavy atom. The number of hydrogen-bond acceptors (Lipinski definition) is 12. The predicted octanol–water partition coefficient (Wildman–Crippen LogP) is 2.55. The Hall–Kier alpha value is -4.26. The van der Waals surface area contributed by atoms with Gasteiger partial charge in [0.1, 0.15) is 12.7 Å². The van der Waals surface area contributed by atoms with E-state index < -0.39 is 60.0 Å². The number of hydrogen-bond donors (Lipinski definition) is 1. The lowest BCUT2D eigenvalue weighted by Gasteiger charge is -2.27. The van der Waals surface area contributed by atoms with Crippen LogP contribution in [0.4, 0.5) is 5.82 Å². The molecule has 0 aliphatic carbocycles. The summed E-state index contributed by atoms with van der Waals surface area (Å²) >= 11 is 0. The SMILES string of the molecule is CCCCCC(=O)ONc1ccn([C@@H]2O[C@H](COC(=O)C(C)C)[C@H]3OC(=O)c4ccccc4C(=O)O[C@H]32)c(=O)n1. The van der Waals surface area contributed by atoms with Crippen molar-refractivity contribution >= 4 is 29.7 Å². The van der Waals surface area contributed by atoms with Gasteiger partial charge in [0, 0.05) is 18.7 Å². The van der Waals surface area contributed by atoms with E-state index in [-0.39, 0.29) is 30.0 Å². The molecular formula is C27H31N3O10. The van der Waals surface area contributed by atoms with Crippen molar-refractivity contribution in [3.8, 4) is 0 Å². The lowest BCUT2D eigenvalue weighted by atomic mass is 10.0. The molecule has 2 aliphatic heterocycles. The summed E-state index contributed by atoms with van der Waals surface area (Å²) in [4.78, 5) is 71.8. The first-order chi connectivity index (χ1) is 19.2. The van der Waals surface area contributed by atoms with Crippen LogP contribution in [0, 0.1) is 5.92 Å². The van der Waals surface area contributed by atoms with Gasteiger partial charge in [0.25, 0.3) is 0 Å². The number of fused-ring (bicyclic) bond motifs is 2. The summed E-state index contributed by atoms with van der Waals surface area (Å²) in [5.41, 5.74) is 1.52. The Kier molecular flexibility index (Phi) is 9.15. The van der Waals surface area contributed by atoms with Crippen molar-refractivity contribution < 1.29 is 43.0 Å². The van der Waals surface area contributed by atoms with Crippen LogP contribution in [-0.4, -0.2) is 58.3 Å². The maximum Gasteiger partial charge on any atom is 0.351 e. The second-order valence-corrected chi connectivity index (χ2v) is 9.67. The van der Waals surface area contributed by atoms with Gasteiger partial charge in [-0.2, -0.15) is 4.98 Å². The highest BCUT2D eigenvalue weighted by molar-refractivity contribution is 6.03. The zero-order valence-corrected chi connectivity index (χ0v) is 22.4. The number of esters is 3. The van der Waals surface area contributed by atoms with Gasteiger partial charge in [0.05, 0.1) is 17.0 Å². The summed E-state index contributed by atoms with van der Waals surface area (Å²) in [6, 6.07) is 7.35. The molecule has 4 atom stereocenters. The maximum atomic E-state index is 13.0. The fraction of sp³-hybridized carbons (Fsp3) is 0.481. The van der Waals surface area contributed by atoms with Crippen molar-refractivity contribution in [1.82, 2.24) is 9.55 Å². The van der Waals surface area contributed by atoms with E-state index >= 15 is 0 Å². The van der Waals surface area contributed by atoms with Gasteiger partial charge in [-0.1, -0.05) is 45.7 Å². The summed E-state index contributed by atoms with van der Waals surface area (Å²) < 4.78 is 23.7. The molecule has 0 spiro atoms. The van der Waals surface area contributed by atoms with Crippen LogP contribution >= 0.6 is 0 Å². The average Bonchev–Trinajstić information content (AvgIpc) is 3.25. The second kappa shape index (κ2) is 12.7. The number of aromatic nitrogens is 2. The first kappa shape index (κ1) is 28.7. The normalized spacial score (nSPS) is 21.8. The van der Waals surface area contributed by atoms with E-state index in [9.17, 15) is 24.0 Å². The Balaban J connectivity index is 1.58. The van der Waals surface area contributed by atoms with Gasteiger partial charge >= 0.3 is 29.6 Å². The third kappa shape index (κ3) is 6.47. The van der Waals surface area contributed by atoms with Gasteiger partial charge in [-0.25, -0.2) is 24.7 Å². The molecule has 1 saturated heterocycles. The fourth-order valence-electron chi connectivity index (χ4n) is 4.22. The molecule has 3 heterocycles. The van der Waals surface area contributed by atoms with E-state index in [1.54, 1.807) is 26.0 Å². The van der Waals surface area contributed by atoms with Crippen molar-refractivity contribution in [1.29, 1.82) is 0 Å². The van der Waals surface area contributed by atoms with E-state index in [4.69, 9.17) is 23.8 Å². The maximum absolute atomic E-state index is 13.0. The van der Waals surface area contributed by atoms with Crippen molar-refractivity contribution in [2.24, 2.45) is 5.92 Å². The number of carbonyl (C=O) groups is 4. The lowest BCUT2D eigenvalue weighted by Crippen LogP contribution is -2.44. The molecule has 2 aliphatic rings. The molecule has 13 nitrogen and oxygen atoms in total. The Morgan fingerprint density at radius 3 is 2.33 bits per heavy atom. The minimum absolute atomic E-state index is 0.00540. The van der Waals surface area contributed by atoms with Crippen LogP contribution in [0.25, 0.3) is 0 Å². The third-order valence-corrected chi connectivity index (χ3v) is 6.36. The molecule has 13 heteroatoms. The van der Waals surface area contributed by atoms with Crippen LogP contribution in [0.5, 0.6) is 0 Å². The molecule has 1 N–H and O–H groups in total. The minimum atomic E-state index is -1.28. The number of nitrogens with zero attached hydrogens (tertiary/aromatic N) is 2. The van der Waals surface area contributed by atoms with Gasteiger partial charge in [-0.05, 0) is 18.6 Å². The lowest BCUT2D eigenvalue weighted by molar-refractivity contribution is -0.153. The van der Waals surface area contributed by atoms with E-state index in [2.05, 4.69) is 10.5 Å². The van der Waals surface area contributed by atoms with E-state index in [0.29, 0.717) is 6.42 Å². The van der Waals surface area contributed by atoms with E-state index in [0.717, 1.165) is 17.4 Å². The van der Waals surface area contributed by atoms with Gasteiger partial charge in [-0.15, -0.1) is 0 Å². The number of rotatable bonds is 10. The van der Waals surface area contributed by atoms with Crippen LogP contribution in [0.3, 0.4) is 0 Å². The highest BCUT2D eigenvalue weighted by Gasteiger charge is 2.52. The minimum Gasteiger partial charge on any atom is -0.463 e. The fourth-order valence-corrected chi connectivity index (χ4v) is 4.22. The topological polar surface area (TPSA) is 161 Å². The first-order valence-corrected chi connectivity index (χ1v) is 13.1. The van der Waals surface area contributed by atoms with Gasteiger partial charge in [0.15, 0.2) is 24.3 Å². The van der Waals surface area contributed by atoms with Gasteiger partial charge < -0.3 is 23.8 Å². The summed E-state index contributed by atoms with van der Waals surface area (Å²) in [6.45, 7) is 5.00. The zero-order valence-electron chi connectivity index (χ0n) is 22.4. The van der Waals surface area contributed by atoms with Crippen molar-refractivity contribution in [3.05, 3.63) is 58.1 Å². The summed E-state index contributed by atoms with van der Waals surface area (Å²) in [6.07, 6.45) is -0.791. The molecule has 1 fully saturated rings. The Labute approximate surface area is 229 Å². The van der Waals surface area contributed by atoms with E-state index in [1.165, 1.54) is 24.4 Å². The molecule has 1 aromatic carbocycles. The molecule has 214 valence electrons. The van der Waals surface area contributed by atoms with Gasteiger partial charge in [0.2, 0.25) is 0 Å².